The number of unbranched alkanes of at least 4 members (excludes halogenated alkanes) is 3. The Hall–Kier alpha value is -3.96. The van der Waals surface area contributed by atoms with Gasteiger partial charge in [-0.3, -0.25) is 29.0 Å². The van der Waals surface area contributed by atoms with E-state index in [0.29, 0.717) is 13.1 Å². The molecule has 0 radical (unpaired) electrons. The Kier molecular flexibility index (Phi) is 12.4. The lowest BCUT2D eigenvalue weighted by molar-refractivity contribution is -0.891. The molecule has 4 bridgehead atoms. The number of hydrogen-bond donors (Lipinski definition) is 0. The molecule has 4 aromatic rings. The number of likely N-dealkylation sites (tertiary alicyclic amines) is 2. The Morgan fingerprint density at radius 2 is 0.565 bits per heavy atom. The van der Waals surface area contributed by atoms with Crippen molar-refractivity contribution in [3.05, 3.63) is 142 Å². The largest absolute Gasteiger partial charge is 1.00 e. The number of quaternary nitrogens is 2. The first-order valence-corrected chi connectivity index (χ1v) is 22.7. The zero-order chi connectivity index (χ0) is 41.5. The van der Waals surface area contributed by atoms with Crippen LogP contribution in [0, 0.1) is 23.7 Å². The van der Waals surface area contributed by atoms with Crippen molar-refractivity contribution in [1.82, 2.24) is 9.80 Å². The molecule has 326 valence electrons. The summed E-state index contributed by atoms with van der Waals surface area (Å²) < 4.78 is 1.75. The topological polar surface area (TPSA) is 74.8 Å². The predicted octanol–water partition coefficient (Wildman–Crippen LogP) is 1.27. The number of halogens is 2. The molecule has 4 atom stereocenters. The number of rotatable bonds is 15. The summed E-state index contributed by atoms with van der Waals surface area (Å²) in [5.41, 5.74) is 9.79. The van der Waals surface area contributed by atoms with E-state index in [1.54, 1.807) is 9.80 Å². The van der Waals surface area contributed by atoms with Gasteiger partial charge in [0.05, 0.1) is 78.0 Å². The van der Waals surface area contributed by atoms with Crippen LogP contribution in [0.3, 0.4) is 0 Å². The number of benzene rings is 4. The summed E-state index contributed by atoms with van der Waals surface area (Å²) in [4.78, 5) is 59.3. The van der Waals surface area contributed by atoms with E-state index >= 15 is 0 Å². The minimum absolute atomic E-state index is 0. The maximum Gasteiger partial charge on any atom is 0.234 e. The molecular formula is C52H60Br2N4O4. The molecule has 0 aromatic heterocycles. The quantitative estimate of drug-likeness (QED) is 0.102. The van der Waals surface area contributed by atoms with Crippen molar-refractivity contribution in [2.75, 3.05) is 67.5 Å². The van der Waals surface area contributed by atoms with Gasteiger partial charge in [0.25, 0.3) is 0 Å². The van der Waals surface area contributed by atoms with Gasteiger partial charge in [0.15, 0.2) is 0 Å². The molecule has 4 aromatic carbocycles. The Morgan fingerprint density at radius 3 is 0.790 bits per heavy atom. The van der Waals surface area contributed by atoms with Crippen LogP contribution in [0.5, 0.6) is 0 Å². The van der Waals surface area contributed by atoms with E-state index in [1.807, 2.05) is 0 Å². The summed E-state index contributed by atoms with van der Waals surface area (Å²) in [5, 5.41) is 0. The number of hydrogen-bond acceptors (Lipinski definition) is 4. The Labute approximate surface area is 388 Å². The Morgan fingerprint density at radius 1 is 0.355 bits per heavy atom. The monoisotopic (exact) mass is 962 g/mol. The lowest BCUT2D eigenvalue weighted by Gasteiger charge is -2.45. The summed E-state index contributed by atoms with van der Waals surface area (Å²) in [6.07, 6.45) is 6.24. The van der Waals surface area contributed by atoms with Crippen molar-refractivity contribution in [2.24, 2.45) is 23.7 Å². The standard InChI is InChI=1S/C52H60N4O4.2BrH/c1-55(2,31-17-27-53-49(57)45-41-33-19-7-8-20-34(33)42(46(45)50(53)58)36-22-10-9-21-35(36)41)29-15-5-6-16-30-56(3,4)32-18-28-54-51(59)47-43-37-23-11-12-24-38(37)44(48(47)52(54)60)40-26-14-13-25-39(40)43;;/h7-14,19-26,41-48H,5-6,15-18,27-32H2,1-4H3;2*1H/q+2;;/p-2. The number of amides is 4. The molecule has 2 fully saturated rings. The molecule has 12 rings (SSSR count). The number of imide groups is 2. The van der Waals surface area contributed by atoms with Crippen LogP contribution < -0.4 is 34.0 Å². The number of carbonyl (C=O) groups is 4. The summed E-state index contributed by atoms with van der Waals surface area (Å²) in [7, 11) is 9.09. The van der Waals surface area contributed by atoms with Crippen molar-refractivity contribution in [3.8, 4) is 0 Å². The maximum atomic E-state index is 14.0. The fraction of sp³-hybridized carbons (Fsp3) is 0.462. The third kappa shape index (κ3) is 7.25. The molecule has 2 aliphatic heterocycles. The molecule has 62 heavy (non-hydrogen) atoms. The molecule has 10 heteroatoms. The van der Waals surface area contributed by atoms with Crippen LogP contribution in [-0.4, -0.2) is 110 Å². The zero-order valence-electron chi connectivity index (χ0n) is 36.5. The number of carbonyl (C=O) groups excluding carboxylic acids is 4. The average molecular weight is 965 g/mol. The van der Waals surface area contributed by atoms with E-state index in [2.05, 4.69) is 125 Å². The second kappa shape index (κ2) is 17.2. The van der Waals surface area contributed by atoms with Crippen LogP contribution >= 0.6 is 0 Å². The van der Waals surface area contributed by atoms with Crippen LogP contribution in [0.1, 0.15) is 107 Å². The Bertz CT molecular complexity index is 2000. The van der Waals surface area contributed by atoms with E-state index in [0.717, 1.165) is 60.8 Å². The highest BCUT2D eigenvalue weighted by atomic mass is 79.9. The second-order valence-corrected chi connectivity index (χ2v) is 20.1. The molecule has 8 aliphatic rings. The molecule has 8 nitrogen and oxygen atoms in total. The van der Waals surface area contributed by atoms with Crippen molar-refractivity contribution < 1.29 is 62.1 Å². The summed E-state index contributed by atoms with van der Waals surface area (Å²) in [6.45, 7) is 4.98. The van der Waals surface area contributed by atoms with E-state index in [1.165, 1.54) is 57.3 Å². The minimum atomic E-state index is -0.297. The zero-order valence-corrected chi connectivity index (χ0v) is 39.7. The van der Waals surface area contributed by atoms with Crippen molar-refractivity contribution in [3.63, 3.8) is 0 Å². The molecular weight excluding hydrogens is 904 g/mol. The van der Waals surface area contributed by atoms with Gasteiger partial charge in [-0.25, -0.2) is 0 Å². The summed E-state index contributed by atoms with van der Waals surface area (Å²) >= 11 is 0. The van der Waals surface area contributed by atoms with E-state index in [4.69, 9.17) is 0 Å². The van der Waals surface area contributed by atoms with Gasteiger partial charge >= 0.3 is 0 Å². The van der Waals surface area contributed by atoms with Crippen molar-refractivity contribution >= 4 is 23.6 Å². The maximum absolute atomic E-state index is 14.0. The van der Waals surface area contributed by atoms with Crippen molar-refractivity contribution in [1.29, 1.82) is 0 Å². The SMILES string of the molecule is C[N+](C)(CCCCCC[N+](C)(C)CCCN1C(=O)C2C3c4ccccc4C(c4ccccc43)C2C1=O)CCCN1C(=O)C2C3c4ccccc4C(c4ccccc43)C2C1=O.[Br-].[Br-]. The van der Waals surface area contributed by atoms with E-state index in [-0.39, 0.29) is 105 Å². The minimum Gasteiger partial charge on any atom is -1.00 e. The van der Waals surface area contributed by atoms with E-state index in [9.17, 15) is 19.2 Å². The molecule has 0 saturated carbocycles. The highest BCUT2D eigenvalue weighted by Crippen LogP contribution is 2.62. The van der Waals surface area contributed by atoms with Crippen LogP contribution in [-0.2, 0) is 19.2 Å². The van der Waals surface area contributed by atoms with Crippen LogP contribution in [0.15, 0.2) is 97.1 Å². The van der Waals surface area contributed by atoms with Gasteiger partial charge in [0.2, 0.25) is 23.6 Å². The molecule has 4 unspecified atom stereocenters. The van der Waals surface area contributed by atoms with Gasteiger partial charge in [-0.15, -0.1) is 0 Å². The van der Waals surface area contributed by atoms with Gasteiger partial charge in [0, 0.05) is 49.6 Å². The molecule has 0 N–H and O–H groups in total. The van der Waals surface area contributed by atoms with E-state index < -0.39 is 0 Å². The second-order valence-electron chi connectivity index (χ2n) is 20.1. The first-order chi connectivity index (χ1) is 29.0. The molecule has 0 spiro atoms. The third-order valence-electron chi connectivity index (χ3n) is 15.6. The highest BCUT2D eigenvalue weighted by Gasteiger charge is 2.62. The fourth-order valence-corrected chi connectivity index (χ4v) is 12.9. The Balaban J connectivity index is 0.00000264. The average Bonchev–Trinajstić information content (AvgIpc) is 3.66. The van der Waals surface area contributed by atoms with Crippen molar-refractivity contribution in [2.45, 2.75) is 62.2 Å². The lowest BCUT2D eigenvalue weighted by atomic mass is 9.55. The number of nitrogens with zero attached hydrogens (tertiary/aromatic N) is 4. The summed E-state index contributed by atoms with van der Waals surface area (Å²) in [5.74, 6) is -1.28. The molecule has 6 aliphatic carbocycles. The van der Waals surface area contributed by atoms with Gasteiger partial charge in [0.1, 0.15) is 0 Å². The van der Waals surface area contributed by atoms with Gasteiger partial charge < -0.3 is 42.9 Å². The summed E-state index contributed by atoms with van der Waals surface area (Å²) in [6, 6.07) is 33.8. The lowest BCUT2D eigenvalue weighted by Crippen LogP contribution is -3.00. The first-order valence-electron chi connectivity index (χ1n) is 22.7. The van der Waals surface area contributed by atoms with Gasteiger partial charge in [-0.1, -0.05) is 97.1 Å². The first kappa shape index (κ1) is 44.6. The fourth-order valence-electron chi connectivity index (χ4n) is 12.9. The molecule has 4 amide bonds. The van der Waals surface area contributed by atoms with Gasteiger partial charge in [-0.05, 0) is 70.2 Å². The van der Waals surface area contributed by atoms with Gasteiger partial charge in [-0.2, -0.15) is 0 Å². The smallest absolute Gasteiger partial charge is 0.234 e. The third-order valence-corrected chi connectivity index (χ3v) is 15.6. The predicted molar refractivity (Wildman–Crippen MR) is 232 cm³/mol. The highest BCUT2D eigenvalue weighted by molar-refractivity contribution is 6.08. The van der Waals surface area contributed by atoms with Crippen LogP contribution in [0.25, 0.3) is 0 Å². The molecule has 2 saturated heterocycles. The molecule has 2 heterocycles. The van der Waals surface area contributed by atoms with Crippen LogP contribution in [0.4, 0.5) is 0 Å². The normalized spacial score (nSPS) is 26.0. The van der Waals surface area contributed by atoms with Crippen LogP contribution in [0.2, 0.25) is 0 Å².